The molecule has 0 spiro atoms. The Morgan fingerprint density at radius 1 is 1.22 bits per heavy atom. The SMILES string of the molecule is Cc1ccc(-c2cc(O)c3c(c2)CN(C(=O)c2ccccc2F)CCO3)s1. The van der Waals surface area contributed by atoms with Crippen LogP contribution in [0.1, 0.15) is 20.8 Å². The second kappa shape index (κ2) is 7.04. The molecule has 2 heterocycles. The molecule has 0 atom stereocenters. The zero-order chi connectivity index (χ0) is 19.0. The Hall–Kier alpha value is -2.86. The molecule has 138 valence electrons. The van der Waals surface area contributed by atoms with Crippen LogP contribution in [0.5, 0.6) is 11.5 Å². The number of hydrogen-bond donors (Lipinski definition) is 1. The molecule has 0 saturated heterocycles. The molecule has 0 bridgehead atoms. The van der Waals surface area contributed by atoms with Crippen LogP contribution >= 0.6 is 11.3 Å². The van der Waals surface area contributed by atoms with Crippen molar-refractivity contribution in [3.8, 4) is 21.9 Å². The van der Waals surface area contributed by atoms with Crippen LogP contribution < -0.4 is 4.74 Å². The maximum absolute atomic E-state index is 14.0. The van der Waals surface area contributed by atoms with Gasteiger partial charge >= 0.3 is 0 Å². The average Bonchev–Trinajstić information content (AvgIpc) is 2.96. The Kier molecular flexibility index (Phi) is 4.58. The van der Waals surface area contributed by atoms with Gasteiger partial charge in [-0.05, 0) is 48.9 Å². The van der Waals surface area contributed by atoms with Gasteiger partial charge in [-0.1, -0.05) is 12.1 Å². The van der Waals surface area contributed by atoms with Gasteiger partial charge in [0.25, 0.3) is 5.91 Å². The van der Waals surface area contributed by atoms with Crippen molar-refractivity contribution in [3.63, 3.8) is 0 Å². The molecule has 4 rings (SSSR count). The number of aromatic hydroxyl groups is 1. The fourth-order valence-corrected chi connectivity index (χ4v) is 4.06. The molecule has 2 aromatic carbocycles. The highest BCUT2D eigenvalue weighted by atomic mass is 32.1. The molecule has 0 unspecified atom stereocenters. The number of aryl methyl sites for hydroxylation is 1. The van der Waals surface area contributed by atoms with Crippen LogP contribution in [-0.4, -0.2) is 29.1 Å². The molecule has 0 saturated carbocycles. The largest absolute Gasteiger partial charge is 0.504 e. The number of hydrogen-bond acceptors (Lipinski definition) is 4. The van der Waals surface area contributed by atoms with E-state index in [-0.39, 0.29) is 30.4 Å². The number of thiophene rings is 1. The van der Waals surface area contributed by atoms with Gasteiger partial charge in [0.1, 0.15) is 12.4 Å². The second-order valence-corrected chi connectivity index (χ2v) is 7.74. The minimum atomic E-state index is -0.543. The summed E-state index contributed by atoms with van der Waals surface area (Å²) in [4.78, 5) is 16.5. The number of carbonyl (C=O) groups is 1. The predicted octanol–water partition coefficient (Wildman–Crippen LogP) is 4.60. The Morgan fingerprint density at radius 2 is 2.04 bits per heavy atom. The third kappa shape index (κ3) is 3.40. The van der Waals surface area contributed by atoms with E-state index in [9.17, 15) is 14.3 Å². The fraction of sp³-hybridized carbons (Fsp3) is 0.190. The van der Waals surface area contributed by atoms with E-state index < -0.39 is 5.82 Å². The normalized spacial score (nSPS) is 13.6. The summed E-state index contributed by atoms with van der Waals surface area (Å²) in [5, 5.41) is 10.4. The molecule has 0 radical (unpaired) electrons. The van der Waals surface area contributed by atoms with Gasteiger partial charge < -0.3 is 14.7 Å². The van der Waals surface area contributed by atoms with Gasteiger partial charge in [0.15, 0.2) is 11.5 Å². The van der Waals surface area contributed by atoms with Crippen molar-refractivity contribution in [2.45, 2.75) is 13.5 Å². The molecular weight excluding hydrogens is 365 g/mol. The number of rotatable bonds is 2. The van der Waals surface area contributed by atoms with E-state index in [0.29, 0.717) is 17.9 Å². The summed E-state index contributed by atoms with van der Waals surface area (Å²) in [5.74, 6) is -0.496. The molecule has 3 aromatic rings. The van der Waals surface area contributed by atoms with Crippen molar-refractivity contribution in [1.29, 1.82) is 0 Å². The number of amides is 1. The lowest BCUT2D eigenvalue weighted by Gasteiger charge is -2.20. The number of carbonyl (C=O) groups excluding carboxylic acids is 1. The monoisotopic (exact) mass is 383 g/mol. The minimum Gasteiger partial charge on any atom is -0.504 e. The summed E-state index contributed by atoms with van der Waals surface area (Å²) in [7, 11) is 0. The molecule has 27 heavy (non-hydrogen) atoms. The number of phenols is 1. The predicted molar refractivity (Wildman–Crippen MR) is 103 cm³/mol. The number of fused-ring (bicyclic) bond motifs is 1. The summed E-state index contributed by atoms with van der Waals surface area (Å²) in [6.45, 7) is 2.82. The number of ether oxygens (including phenoxy) is 1. The third-order valence-corrected chi connectivity index (χ3v) is 5.58. The summed E-state index contributed by atoms with van der Waals surface area (Å²) >= 11 is 1.63. The minimum absolute atomic E-state index is 0.0372. The molecule has 1 aliphatic rings. The van der Waals surface area contributed by atoms with Crippen molar-refractivity contribution in [2.24, 2.45) is 0 Å². The van der Waals surface area contributed by atoms with Crippen molar-refractivity contribution in [1.82, 2.24) is 4.90 Å². The van der Waals surface area contributed by atoms with Crippen LogP contribution in [0.25, 0.3) is 10.4 Å². The molecule has 1 aromatic heterocycles. The fourth-order valence-electron chi connectivity index (χ4n) is 3.21. The summed E-state index contributed by atoms with van der Waals surface area (Å²) in [5.41, 5.74) is 1.61. The van der Waals surface area contributed by atoms with Crippen LogP contribution in [0.4, 0.5) is 4.39 Å². The lowest BCUT2D eigenvalue weighted by Crippen LogP contribution is -2.33. The van der Waals surface area contributed by atoms with Gasteiger partial charge in [-0.15, -0.1) is 11.3 Å². The first-order valence-corrected chi connectivity index (χ1v) is 9.44. The molecule has 0 fully saturated rings. The van der Waals surface area contributed by atoms with E-state index in [1.807, 2.05) is 25.1 Å². The standard InChI is InChI=1S/C21H18FNO3S/c1-13-6-7-19(27-13)14-10-15-12-23(8-9-26-20(15)18(24)11-14)21(25)16-4-2-3-5-17(16)22/h2-7,10-11,24H,8-9,12H2,1H3. The van der Waals surface area contributed by atoms with Crippen LogP contribution in [0.3, 0.4) is 0 Å². The van der Waals surface area contributed by atoms with Crippen LogP contribution in [-0.2, 0) is 6.54 Å². The lowest BCUT2D eigenvalue weighted by molar-refractivity contribution is 0.0728. The number of benzene rings is 2. The first kappa shape index (κ1) is 17.5. The summed E-state index contributed by atoms with van der Waals surface area (Å²) < 4.78 is 19.7. The van der Waals surface area contributed by atoms with Gasteiger partial charge in [0.05, 0.1) is 12.1 Å². The van der Waals surface area contributed by atoms with Gasteiger partial charge in [-0.2, -0.15) is 0 Å². The number of halogens is 1. The first-order valence-electron chi connectivity index (χ1n) is 8.62. The lowest BCUT2D eigenvalue weighted by atomic mass is 10.1. The highest BCUT2D eigenvalue weighted by Crippen LogP contribution is 2.39. The molecule has 0 aliphatic carbocycles. The molecule has 1 aliphatic heterocycles. The van der Waals surface area contributed by atoms with Crippen molar-refractivity contribution < 1.29 is 19.0 Å². The molecule has 4 nitrogen and oxygen atoms in total. The van der Waals surface area contributed by atoms with Crippen LogP contribution in [0.2, 0.25) is 0 Å². The van der Waals surface area contributed by atoms with Crippen molar-refractivity contribution in [2.75, 3.05) is 13.2 Å². The molecule has 1 N–H and O–H groups in total. The topological polar surface area (TPSA) is 49.8 Å². The van der Waals surface area contributed by atoms with Crippen molar-refractivity contribution in [3.05, 3.63) is 70.4 Å². The van der Waals surface area contributed by atoms with Crippen molar-refractivity contribution >= 4 is 17.2 Å². The Labute approximate surface area is 160 Å². The maximum Gasteiger partial charge on any atom is 0.257 e. The summed E-state index contributed by atoms with van der Waals surface area (Å²) in [6, 6.07) is 13.6. The van der Waals surface area contributed by atoms with Gasteiger partial charge in [-0.25, -0.2) is 4.39 Å². The zero-order valence-electron chi connectivity index (χ0n) is 14.7. The second-order valence-electron chi connectivity index (χ2n) is 6.45. The molecule has 6 heteroatoms. The third-order valence-electron chi connectivity index (χ3n) is 4.53. The van der Waals surface area contributed by atoms with E-state index in [1.165, 1.54) is 17.0 Å². The maximum atomic E-state index is 14.0. The highest BCUT2D eigenvalue weighted by molar-refractivity contribution is 7.15. The van der Waals surface area contributed by atoms with Gasteiger partial charge in [-0.3, -0.25) is 4.79 Å². The van der Waals surface area contributed by atoms with E-state index in [2.05, 4.69) is 0 Å². The van der Waals surface area contributed by atoms with E-state index in [1.54, 1.807) is 34.4 Å². The Bertz CT molecular complexity index is 1010. The van der Waals surface area contributed by atoms with Crippen LogP contribution in [0, 0.1) is 12.7 Å². The highest BCUT2D eigenvalue weighted by Gasteiger charge is 2.25. The average molecular weight is 383 g/mol. The van der Waals surface area contributed by atoms with E-state index in [0.717, 1.165) is 10.4 Å². The van der Waals surface area contributed by atoms with E-state index >= 15 is 0 Å². The smallest absolute Gasteiger partial charge is 0.257 e. The van der Waals surface area contributed by atoms with Gasteiger partial charge in [0.2, 0.25) is 0 Å². The summed E-state index contributed by atoms with van der Waals surface area (Å²) in [6.07, 6.45) is 0. The molecular formula is C21H18FNO3S. The zero-order valence-corrected chi connectivity index (χ0v) is 15.6. The quantitative estimate of drug-likeness (QED) is 0.703. The van der Waals surface area contributed by atoms with Gasteiger partial charge in [0, 0.05) is 21.9 Å². The Morgan fingerprint density at radius 3 is 2.78 bits per heavy atom. The number of phenolic OH excluding ortho intramolecular Hbond substituents is 1. The van der Waals surface area contributed by atoms with Crippen LogP contribution in [0.15, 0.2) is 48.5 Å². The number of nitrogens with zero attached hydrogens (tertiary/aromatic N) is 1. The Balaban J connectivity index is 1.70. The first-order chi connectivity index (χ1) is 13.0. The van der Waals surface area contributed by atoms with E-state index in [4.69, 9.17) is 4.74 Å². The molecule has 1 amide bonds.